The first-order chi connectivity index (χ1) is 14.1. The lowest BCUT2D eigenvalue weighted by Gasteiger charge is -2.33. The molecule has 4 rings (SSSR count). The number of thioether (sulfide) groups is 1. The molecule has 0 spiro atoms. The zero-order valence-corrected chi connectivity index (χ0v) is 17.4. The van der Waals surface area contributed by atoms with Gasteiger partial charge in [0.25, 0.3) is 5.91 Å². The highest BCUT2D eigenvalue weighted by molar-refractivity contribution is 8.18. The summed E-state index contributed by atoms with van der Waals surface area (Å²) in [6.45, 7) is 2.45. The van der Waals surface area contributed by atoms with Gasteiger partial charge in [0.05, 0.1) is 30.9 Å². The zero-order chi connectivity index (χ0) is 20.2. The number of ether oxygens (including phenoxy) is 2. The van der Waals surface area contributed by atoms with Gasteiger partial charge in [-0.2, -0.15) is 0 Å². The number of carbonyl (C=O) groups excluding carboxylic acids is 1. The van der Waals surface area contributed by atoms with Crippen LogP contribution in [0.25, 0.3) is 6.08 Å². The van der Waals surface area contributed by atoms with E-state index in [1.54, 1.807) is 12.1 Å². The first kappa shape index (κ1) is 20.0. The topological polar surface area (TPSA) is 54.4 Å². The van der Waals surface area contributed by atoms with Crippen LogP contribution in [0.5, 0.6) is 5.75 Å². The Labute approximate surface area is 178 Å². The summed E-state index contributed by atoms with van der Waals surface area (Å²) in [7, 11) is 1.63. The molecule has 0 bridgehead atoms. The Morgan fingerprint density at radius 1 is 1.10 bits per heavy atom. The first-order valence-corrected chi connectivity index (χ1v) is 10.4. The summed E-state index contributed by atoms with van der Waals surface area (Å²) in [6.07, 6.45) is 1.87. The van der Waals surface area contributed by atoms with Crippen molar-refractivity contribution in [1.82, 2.24) is 10.0 Å². The smallest absolute Gasteiger partial charge is 0.281 e. The minimum atomic E-state index is -0.0842. The Hall–Kier alpha value is -2.32. The van der Waals surface area contributed by atoms with E-state index in [-0.39, 0.29) is 5.91 Å². The molecule has 8 heteroatoms. The summed E-state index contributed by atoms with van der Waals surface area (Å²) in [5.41, 5.74) is 1.67. The Morgan fingerprint density at radius 2 is 1.79 bits per heavy atom. The molecule has 0 aliphatic carbocycles. The van der Waals surface area contributed by atoms with E-state index < -0.39 is 0 Å². The Kier molecular flexibility index (Phi) is 6.20. The molecule has 2 aromatic rings. The molecule has 2 fully saturated rings. The second-order valence-electron chi connectivity index (χ2n) is 6.44. The monoisotopic (exact) mass is 429 g/mol. The van der Waals surface area contributed by atoms with Gasteiger partial charge in [0.1, 0.15) is 5.75 Å². The molecule has 29 heavy (non-hydrogen) atoms. The Bertz CT molecular complexity index is 939. The van der Waals surface area contributed by atoms with Crippen molar-refractivity contribution in [3.63, 3.8) is 0 Å². The molecule has 0 N–H and O–H groups in total. The number of aliphatic imine (C=N–C) groups is 1. The number of amidine groups is 1. The summed E-state index contributed by atoms with van der Waals surface area (Å²) >= 11 is 7.33. The predicted molar refractivity (Wildman–Crippen MR) is 116 cm³/mol. The number of hydrogen-bond acceptors (Lipinski definition) is 6. The maximum Gasteiger partial charge on any atom is 0.281 e. The van der Waals surface area contributed by atoms with Gasteiger partial charge in [0, 0.05) is 18.1 Å². The lowest BCUT2D eigenvalue weighted by molar-refractivity contribution is -0.138. The quantitative estimate of drug-likeness (QED) is 0.682. The SMILES string of the molecule is COc1ccc(N=C2SC(=Cc3ccc(Cl)cc3)C(=O)N2N2CCOCC2)cc1. The number of methoxy groups -OCH3 is 1. The lowest BCUT2D eigenvalue weighted by Crippen LogP contribution is -2.51. The minimum Gasteiger partial charge on any atom is -0.497 e. The van der Waals surface area contributed by atoms with Crippen LogP contribution in [0, 0.1) is 0 Å². The Morgan fingerprint density at radius 3 is 2.45 bits per heavy atom. The van der Waals surface area contributed by atoms with Crippen LogP contribution in [0.4, 0.5) is 5.69 Å². The molecule has 0 saturated carbocycles. The van der Waals surface area contributed by atoms with Crippen molar-refractivity contribution in [3.05, 3.63) is 64.0 Å². The number of carbonyl (C=O) groups is 1. The average molecular weight is 430 g/mol. The maximum atomic E-state index is 13.2. The van der Waals surface area contributed by atoms with Gasteiger partial charge in [-0.15, -0.1) is 0 Å². The van der Waals surface area contributed by atoms with Crippen molar-refractivity contribution in [1.29, 1.82) is 0 Å². The first-order valence-electron chi connectivity index (χ1n) is 9.19. The second kappa shape index (κ2) is 9.00. The van der Waals surface area contributed by atoms with E-state index >= 15 is 0 Å². The summed E-state index contributed by atoms with van der Waals surface area (Å²) in [4.78, 5) is 18.6. The van der Waals surface area contributed by atoms with E-state index in [4.69, 9.17) is 26.1 Å². The summed E-state index contributed by atoms with van der Waals surface area (Å²) in [5.74, 6) is 0.677. The van der Waals surface area contributed by atoms with Gasteiger partial charge < -0.3 is 9.47 Å². The third kappa shape index (κ3) is 4.64. The summed E-state index contributed by atoms with van der Waals surface area (Å²) in [6, 6.07) is 14.8. The molecule has 0 aromatic heterocycles. The third-order valence-corrected chi connectivity index (χ3v) is 5.73. The fraction of sp³-hybridized carbons (Fsp3) is 0.238. The van der Waals surface area contributed by atoms with Crippen LogP contribution in [-0.4, -0.2) is 54.5 Å². The van der Waals surface area contributed by atoms with Gasteiger partial charge in [-0.05, 0) is 59.8 Å². The van der Waals surface area contributed by atoms with Crippen LogP contribution >= 0.6 is 23.4 Å². The highest BCUT2D eigenvalue weighted by Crippen LogP contribution is 2.35. The van der Waals surface area contributed by atoms with Crippen LogP contribution < -0.4 is 4.74 Å². The minimum absolute atomic E-state index is 0.0842. The second-order valence-corrected chi connectivity index (χ2v) is 7.88. The molecule has 2 aromatic carbocycles. The number of hydrazine groups is 1. The average Bonchev–Trinajstić information content (AvgIpc) is 3.05. The molecule has 1 amide bonds. The van der Waals surface area contributed by atoms with Crippen molar-refractivity contribution < 1.29 is 14.3 Å². The largest absolute Gasteiger partial charge is 0.497 e. The van der Waals surface area contributed by atoms with E-state index in [1.807, 2.05) is 59.6 Å². The van der Waals surface area contributed by atoms with Crippen molar-refractivity contribution in [2.24, 2.45) is 4.99 Å². The number of amides is 1. The summed E-state index contributed by atoms with van der Waals surface area (Å²) in [5, 5.41) is 4.94. The van der Waals surface area contributed by atoms with Crippen molar-refractivity contribution in [2.75, 3.05) is 33.4 Å². The van der Waals surface area contributed by atoms with Gasteiger partial charge in [-0.3, -0.25) is 4.79 Å². The molecule has 0 radical (unpaired) electrons. The number of rotatable bonds is 4. The molecular formula is C21H20ClN3O3S. The number of nitrogens with zero attached hydrogens (tertiary/aromatic N) is 3. The molecule has 0 unspecified atom stereocenters. The number of benzene rings is 2. The van der Waals surface area contributed by atoms with Crippen molar-refractivity contribution in [3.8, 4) is 5.75 Å². The number of hydrogen-bond donors (Lipinski definition) is 0. The predicted octanol–water partition coefficient (Wildman–Crippen LogP) is 4.20. The highest BCUT2D eigenvalue weighted by Gasteiger charge is 2.38. The van der Waals surface area contributed by atoms with Crippen LogP contribution in [0.1, 0.15) is 5.56 Å². The zero-order valence-electron chi connectivity index (χ0n) is 15.9. The highest BCUT2D eigenvalue weighted by atomic mass is 35.5. The molecule has 2 saturated heterocycles. The van der Waals surface area contributed by atoms with Gasteiger partial charge in [0.2, 0.25) is 0 Å². The van der Waals surface area contributed by atoms with Gasteiger partial charge >= 0.3 is 0 Å². The maximum absolute atomic E-state index is 13.2. The molecule has 6 nitrogen and oxygen atoms in total. The van der Waals surface area contributed by atoms with E-state index in [0.717, 1.165) is 17.0 Å². The molecule has 2 aliphatic heterocycles. The van der Waals surface area contributed by atoms with Gasteiger partial charge in [0.15, 0.2) is 5.17 Å². The van der Waals surface area contributed by atoms with Gasteiger partial charge in [-0.1, -0.05) is 23.7 Å². The van der Waals surface area contributed by atoms with Crippen LogP contribution in [0.15, 0.2) is 58.4 Å². The molecule has 0 atom stereocenters. The van der Waals surface area contributed by atoms with E-state index in [9.17, 15) is 4.79 Å². The fourth-order valence-corrected chi connectivity index (χ4v) is 4.15. The fourth-order valence-electron chi connectivity index (χ4n) is 3.02. The van der Waals surface area contributed by atoms with Crippen molar-refractivity contribution >= 4 is 46.2 Å². The van der Waals surface area contributed by atoms with E-state index in [1.165, 1.54) is 11.8 Å². The standard InChI is InChI=1S/C21H20ClN3O3S/c1-27-18-8-6-17(7-9-18)23-21-25(24-10-12-28-13-11-24)20(26)19(29-21)14-15-2-4-16(22)5-3-15/h2-9,14H,10-13H2,1H3. The molecular weight excluding hydrogens is 410 g/mol. The third-order valence-electron chi connectivity index (χ3n) is 4.52. The van der Waals surface area contributed by atoms with E-state index in [0.29, 0.717) is 41.4 Å². The molecule has 150 valence electrons. The summed E-state index contributed by atoms with van der Waals surface area (Å²) < 4.78 is 10.6. The number of halogens is 1. The van der Waals surface area contributed by atoms with Crippen molar-refractivity contribution in [2.45, 2.75) is 0 Å². The molecule has 2 heterocycles. The van der Waals surface area contributed by atoms with Gasteiger partial charge in [-0.25, -0.2) is 15.0 Å². The normalized spacial score (nSPS) is 20.6. The van der Waals surface area contributed by atoms with Crippen LogP contribution in [0.2, 0.25) is 5.02 Å². The van der Waals surface area contributed by atoms with Crippen LogP contribution in [-0.2, 0) is 9.53 Å². The van der Waals surface area contributed by atoms with E-state index in [2.05, 4.69) is 0 Å². The number of morpholine rings is 1. The lowest BCUT2D eigenvalue weighted by atomic mass is 10.2. The molecule has 2 aliphatic rings. The Balaban J connectivity index is 1.67. The van der Waals surface area contributed by atoms with Crippen LogP contribution in [0.3, 0.4) is 0 Å².